The van der Waals surface area contributed by atoms with Crippen molar-refractivity contribution in [3.05, 3.63) is 41.0 Å². The van der Waals surface area contributed by atoms with Crippen LogP contribution in [0.5, 0.6) is 0 Å². The van der Waals surface area contributed by atoms with Gasteiger partial charge in [0.25, 0.3) is 0 Å². The molecule has 2 fully saturated rings. The van der Waals surface area contributed by atoms with Crippen LogP contribution >= 0.6 is 0 Å². The first-order valence-corrected chi connectivity index (χ1v) is 12.1. The van der Waals surface area contributed by atoms with Gasteiger partial charge in [0.1, 0.15) is 12.8 Å². The minimum absolute atomic E-state index is 0.0918. The minimum Gasteiger partial charge on any atom is -0.456 e. The summed E-state index contributed by atoms with van der Waals surface area (Å²) in [6, 6.07) is 4.78. The van der Waals surface area contributed by atoms with Crippen LogP contribution in [0.3, 0.4) is 0 Å². The molecule has 5 heterocycles. The van der Waals surface area contributed by atoms with Gasteiger partial charge in [-0.05, 0) is 58.9 Å². The highest BCUT2D eigenvalue weighted by Gasteiger charge is 2.53. The van der Waals surface area contributed by atoms with Crippen molar-refractivity contribution in [3.63, 3.8) is 0 Å². The lowest BCUT2D eigenvalue weighted by Crippen LogP contribution is -2.42. The normalized spacial score (nSPS) is 30.3. The van der Waals surface area contributed by atoms with E-state index in [1.165, 1.54) is 5.69 Å². The Labute approximate surface area is 198 Å². The molecule has 0 radical (unpaired) electrons. The number of likely N-dealkylation sites (tertiary alicyclic amines) is 1. The monoisotopic (exact) mass is 464 g/mol. The molecule has 10 nitrogen and oxygen atoms in total. The lowest BCUT2D eigenvalue weighted by molar-refractivity contribution is -0.667. The van der Waals surface area contributed by atoms with E-state index in [-0.39, 0.29) is 29.9 Å². The Kier molecular flexibility index (Phi) is 4.84. The fourth-order valence-electron chi connectivity index (χ4n) is 5.88. The molecule has 2 atom stereocenters. The van der Waals surface area contributed by atoms with Crippen molar-refractivity contribution >= 4 is 11.9 Å². The highest BCUT2D eigenvalue weighted by molar-refractivity contribution is 5.94. The van der Waals surface area contributed by atoms with Crippen LogP contribution in [0.4, 0.5) is 0 Å². The first kappa shape index (κ1) is 21.4. The SMILES string of the molecule is CC1=C(N2C(=O)C3(CCC(NCc4ccc(-[n+]5cc6n(n5)C6C)nn4)CC3)CC2C)COC1=O. The first-order valence-electron chi connectivity index (χ1n) is 12.1. The number of nitrogens with one attached hydrogen (secondary N) is 1. The quantitative estimate of drug-likeness (QED) is 0.526. The number of cyclic esters (lactones) is 1. The molecule has 6 rings (SSSR count). The molecule has 1 aliphatic carbocycles. The van der Waals surface area contributed by atoms with Gasteiger partial charge in [-0.15, -0.1) is 4.68 Å². The Hall–Kier alpha value is -3.14. The Morgan fingerprint density at radius 2 is 2.00 bits per heavy atom. The third-order valence-electron chi connectivity index (χ3n) is 8.06. The molecule has 4 aliphatic rings. The molecule has 2 unspecified atom stereocenters. The fraction of sp³-hybridized carbons (Fsp3) is 0.583. The van der Waals surface area contributed by atoms with Gasteiger partial charge in [-0.3, -0.25) is 4.79 Å². The molecule has 1 saturated heterocycles. The Balaban J connectivity index is 1.04. The van der Waals surface area contributed by atoms with Gasteiger partial charge in [0.15, 0.2) is 11.7 Å². The van der Waals surface area contributed by atoms with Crippen molar-refractivity contribution in [1.29, 1.82) is 0 Å². The Morgan fingerprint density at radius 3 is 2.62 bits per heavy atom. The van der Waals surface area contributed by atoms with Crippen molar-refractivity contribution in [3.8, 4) is 5.82 Å². The molecule has 178 valence electrons. The van der Waals surface area contributed by atoms with Crippen molar-refractivity contribution in [2.24, 2.45) is 5.41 Å². The number of hydrogen-bond acceptors (Lipinski definition) is 7. The number of aromatic nitrogens is 5. The van der Waals surface area contributed by atoms with Crippen LogP contribution in [0.15, 0.2) is 29.6 Å². The number of carbonyl (C=O) groups excluding carboxylic acids is 2. The van der Waals surface area contributed by atoms with E-state index in [4.69, 9.17) is 4.74 Å². The highest BCUT2D eigenvalue weighted by atomic mass is 16.5. The number of carbonyl (C=O) groups is 2. The van der Waals surface area contributed by atoms with Crippen LogP contribution in [-0.2, 0) is 20.9 Å². The number of hydrogen-bond donors (Lipinski definition) is 1. The molecular formula is C24H30N7O3+. The molecular weight excluding hydrogens is 434 g/mol. The Morgan fingerprint density at radius 1 is 1.21 bits per heavy atom. The number of amides is 1. The summed E-state index contributed by atoms with van der Waals surface area (Å²) in [5.41, 5.74) is 3.10. The highest BCUT2D eigenvalue weighted by Crippen LogP contribution is 2.49. The summed E-state index contributed by atoms with van der Waals surface area (Å²) in [6.07, 6.45) is 6.43. The number of fused-ring (bicyclic) bond motifs is 1. The molecule has 1 amide bonds. The molecule has 1 N–H and O–H groups in total. The second-order valence-corrected chi connectivity index (χ2v) is 10.2. The largest absolute Gasteiger partial charge is 0.456 e. The van der Waals surface area contributed by atoms with Gasteiger partial charge in [0, 0.05) is 35.0 Å². The van der Waals surface area contributed by atoms with Crippen LogP contribution in [0.25, 0.3) is 5.82 Å². The summed E-state index contributed by atoms with van der Waals surface area (Å²) in [6.45, 7) is 6.81. The van der Waals surface area contributed by atoms with Crippen molar-refractivity contribution in [2.75, 3.05) is 6.61 Å². The maximum atomic E-state index is 13.5. The molecule has 10 heteroatoms. The van der Waals surface area contributed by atoms with Crippen LogP contribution in [0.2, 0.25) is 0 Å². The zero-order valence-electron chi connectivity index (χ0n) is 19.8. The van der Waals surface area contributed by atoms with E-state index in [0.717, 1.165) is 43.5 Å². The molecule has 0 bridgehead atoms. The third kappa shape index (κ3) is 3.34. The average Bonchev–Trinajstić information content (AvgIpc) is 3.16. The van der Waals surface area contributed by atoms with Gasteiger partial charge in [0.2, 0.25) is 5.91 Å². The second-order valence-electron chi connectivity index (χ2n) is 10.2. The van der Waals surface area contributed by atoms with Gasteiger partial charge in [-0.1, -0.05) is 5.10 Å². The standard InChI is InChI=1S/C24H30N7O3/c1-14-10-24(23(33)30(14)20-13-34-22(32)15(20)2)8-6-17(7-9-24)25-11-18-4-5-21(27-26-18)29-12-19-16(3)31(19)28-29/h4-5,12,14,16-17,25H,6-11,13H2,1-3H3/q+1. The van der Waals surface area contributed by atoms with Gasteiger partial charge < -0.3 is 15.0 Å². The minimum atomic E-state index is -0.320. The zero-order chi connectivity index (χ0) is 23.6. The van der Waals surface area contributed by atoms with Crippen LogP contribution in [0.1, 0.15) is 70.3 Å². The molecule has 0 aromatic carbocycles. The van der Waals surface area contributed by atoms with E-state index in [1.54, 1.807) is 11.6 Å². The molecule has 2 aromatic rings. The molecule has 3 aliphatic heterocycles. The lowest BCUT2D eigenvalue weighted by atomic mass is 9.70. The van der Waals surface area contributed by atoms with E-state index < -0.39 is 0 Å². The predicted octanol–water partition coefficient (Wildman–Crippen LogP) is 1.34. The van der Waals surface area contributed by atoms with E-state index in [0.29, 0.717) is 30.0 Å². The zero-order valence-corrected chi connectivity index (χ0v) is 19.8. The molecule has 1 saturated carbocycles. The van der Waals surface area contributed by atoms with E-state index in [1.807, 2.05) is 27.9 Å². The summed E-state index contributed by atoms with van der Waals surface area (Å²) in [5.74, 6) is 0.572. The summed E-state index contributed by atoms with van der Waals surface area (Å²) >= 11 is 0. The molecule has 2 aromatic heterocycles. The topological polar surface area (TPSA) is 106 Å². The second kappa shape index (κ2) is 7.69. The summed E-state index contributed by atoms with van der Waals surface area (Å²) in [5, 5.41) is 16.7. The number of ether oxygens (including phenoxy) is 1. The summed E-state index contributed by atoms with van der Waals surface area (Å²) in [7, 11) is 0. The fourth-order valence-corrected chi connectivity index (χ4v) is 5.88. The number of nitrogens with zero attached hydrogens (tertiary/aromatic N) is 6. The van der Waals surface area contributed by atoms with Crippen LogP contribution in [0, 0.1) is 5.41 Å². The van der Waals surface area contributed by atoms with Gasteiger partial charge in [-0.25, -0.2) is 4.79 Å². The smallest absolute Gasteiger partial charge is 0.336 e. The van der Waals surface area contributed by atoms with Crippen molar-refractivity contribution < 1.29 is 19.0 Å². The van der Waals surface area contributed by atoms with Crippen LogP contribution < -0.4 is 10.00 Å². The van der Waals surface area contributed by atoms with Gasteiger partial charge >= 0.3 is 11.8 Å². The predicted molar refractivity (Wildman–Crippen MR) is 119 cm³/mol. The molecule has 1 spiro atoms. The number of rotatable bonds is 5. The average molecular weight is 465 g/mol. The number of esters is 1. The Bertz CT molecular complexity index is 1170. The maximum absolute atomic E-state index is 13.5. The van der Waals surface area contributed by atoms with E-state index in [9.17, 15) is 9.59 Å². The van der Waals surface area contributed by atoms with E-state index in [2.05, 4.69) is 34.6 Å². The van der Waals surface area contributed by atoms with Gasteiger partial charge in [0.05, 0.1) is 22.4 Å². The summed E-state index contributed by atoms with van der Waals surface area (Å²) in [4.78, 5) is 27.1. The van der Waals surface area contributed by atoms with Crippen molar-refractivity contribution in [1.82, 2.24) is 30.3 Å². The third-order valence-corrected chi connectivity index (χ3v) is 8.06. The van der Waals surface area contributed by atoms with Crippen molar-refractivity contribution in [2.45, 2.75) is 77.5 Å². The van der Waals surface area contributed by atoms with Crippen LogP contribution in [-0.4, -0.2) is 55.6 Å². The van der Waals surface area contributed by atoms with Gasteiger partial charge in [-0.2, -0.15) is 4.68 Å². The van der Waals surface area contributed by atoms with E-state index >= 15 is 0 Å². The summed E-state index contributed by atoms with van der Waals surface area (Å²) < 4.78 is 8.88. The lowest BCUT2D eigenvalue weighted by Gasteiger charge is -2.36. The first-order chi connectivity index (χ1) is 16.4. The molecule has 34 heavy (non-hydrogen) atoms. The maximum Gasteiger partial charge on any atom is 0.336 e.